The van der Waals surface area contributed by atoms with Crippen LogP contribution in [-0.4, -0.2) is 20.9 Å². The monoisotopic (exact) mass is 204 g/mol. The van der Waals surface area contributed by atoms with Crippen LogP contribution in [0.15, 0.2) is 10.7 Å². The molecule has 1 heterocycles. The molecule has 0 radical (unpaired) electrons. The highest BCUT2D eigenvalue weighted by molar-refractivity contribution is 9.10. The van der Waals surface area contributed by atoms with E-state index >= 15 is 0 Å². The maximum atomic E-state index is 10.3. The Morgan fingerprint density at radius 2 is 2.50 bits per heavy atom. The minimum Gasteiger partial charge on any atom is -0.476 e. The van der Waals surface area contributed by atoms with E-state index in [0.29, 0.717) is 4.60 Å². The lowest BCUT2D eigenvalue weighted by molar-refractivity contribution is 0.0689. The number of carbonyl (C=O) groups is 1. The maximum Gasteiger partial charge on any atom is 0.356 e. The molecule has 0 saturated carbocycles. The van der Waals surface area contributed by atoms with Gasteiger partial charge >= 0.3 is 5.97 Å². The van der Waals surface area contributed by atoms with Crippen molar-refractivity contribution in [2.45, 2.75) is 0 Å². The van der Waals surface area contributed by atoms with Crippen molar-refractivity contribution in [2.24, 2.45) is 7.05 Å². The molecule has 1 rings (SSSR count). The summed E-state index contributed by atoms with van der Waals surface area (Å²) in [5.41, 5.74) is 0.0503. The molecule has 0 saturated heterocycles. The number of nitrogens with zero attached hydrogens (tertiary/aromatic N) is 2. The summed E-state index contributed by atoms with van der Waals surface area (Å²) >= 11 is 3.12. The molecule has 0 amide bonds. The summed E-state index contributed by atoms with van der Waals surface area (Å²) < 4.78 is 2.11. The van der Waals surface area contributed by atoms with Crippen LogP contribution < -0.4 is 0 Å². The van der Waals surface area contributed by atoms with Gasteiger partial charge < -0.3 is 5.11 Å². The Bertz CT molecular complexity index is 249. The smallest absolute Gasteiger partial charge is 0.356 e. The van der Waals surface area contributed by atoms with E-state index in [9.17, 15) is 4.79 Å². The molecule has 1 aromatic heterocycles. The largest absolute Gasteiger partial charge is 0.476 e. The van der Waals surface area contributed by atoms with E-state index in [4.69, 9.17) is 5.11 Å². The highest BCUT2D eigenvalue weighted by atomic mass is 79.9. The molecular formula is C5H5BrN2O2. The normalized spacial score (nSPS) is 9.80. The zero-order chi connectivity index (χ0) is 7.72. The summed E-state index contributed by atoms with van der Waals surface area (Å²) in [6.45, 7) is 0. The Hall–Kier alpha value is -0.840. The number of carboxylic acids is 1. The van der Waals surface area contributed by atoms with Gasteiger partial charge in [0.05, 0.1) is 0 Å². The lowest BCUT2D eigenvalue weighted by atomic mass is 10.5. The van der Waals surface area contributed by atoms with Crippen LogP contribution in [-0.2, 0) is 7.05 Å². The van der Waals surface area contributed by atoms with E-state index in [1.54, 1.807) is 7.05 Å². The molecule has 0 aliphatic heterocycles. The number of hydrogen-bond acceptors (Lipinski definition) is 2. The van der Waals surface area contributed by atoms with Crippen molar-refractivity contribution in [1.82, 2.24) is 9.78 Å². The summed E-state index contributed by atoms with van der Waals surface area (Å²) in [6, 6.07) is 1.45. The van der Waals surface area contributed by atoms with Crippen LogP contribution in [0.25, 0.3) is 0 Å². The summed E-state index contributed by atoms with van der Waals surface area (Å²) in [5.74, 6) is -1.01. The van der Waals surface area contributed by atoms with Crippen LogP contribution in [0.2, 0.25) is 0 Å². The van der Waals surface area contributed by atoms with Gasteiger partial charge in [-0.3, -0.25) is 4.68 Å². The second kappa shape index (κ2) is 2.42. The number of aromatic carboxylic acids is 1. The highest BCUT2D eigenvalue weighted by Crippen LogP contribution is 2.09. The fourth-order valence-electron chi connectivity index (χ4n) is 0.549. The topological polar surface area (TPSA) is 55.1 Å². The molecule has 0 aliphatic rings. The first-order valence-electron chi connectivity index (χ1n) is 2.54. The van der Waals surface area contributed by atoms with E-state index in [2.05, 4.69) is 21.0 Å². The van der Waals surface area contributed by atoms with Gasteiger partial charge in [-0.25, -0.2) is 4.79 Å². The molecule has 0 unspecified atom stereocenters. The van der Waals surface area contributed by atoms with E-state index < -0.39 is 5.97 Å². The van der Waals surface area contributed by atoms with Crippen LogP contribution in [0.4, 0.5) is 0 Å². The fraction of sp³-hybridized carbons (Fsp3) is 0.200. The van der Waals surface area contributed by atoms with Gasteiger partial charge in [-0.05, 0) is 15.9 Å². The third-order valence-corrected chi connectivity index (χ3v) is 1.78. The first kappa shape index (κ1) is 7.27. The summed E-state index contributed by atoms with van der Waals surface area (Å²) in [6.07, 6.45) is 0. The van der Waals surface area contributed by atoms with Gasteiger partial charge in [0.1, 0.15) is 4.60 Å². The molecule has 10 heavy (non-hydrogen) atoms. The number of halogens is 1. The van der Waals surface area contributed by atoms with Gasteiger partial charge in [0.2, 0.25) is 0 Å². The SMILES string of the molecule is Cn1nc(C(=O)O)cc1Br. The molecule has 5 heteroatoms. The van der Waals surface area contributed by atoms with Crippen LogP contribution in [0.1, 0.15) is 10.5 Å². The minimum atomic E-state index is -1.01. The maximum absolute atomic E-state index is 10.3. The van der Waals surface area contributed by atoms with Crippen LogP contribution in [0.3, 0.4) is 0 Å². The van der Waals surface area contributed by atoms with Gasteiger partial charge in [0.15, 0.2) is 5.69 Å². The second-order valence-corrected chi connectivity index (χ2v) is 2.59. The van der Waals surface area contributed by atoms with Crippen LogP contribution in [0.5, 0.6) is 0 Å². The Kier molecular flexibility index (Phi) is 1.76. The zero-order valence-electron chi connectivity index (χ0n) is 5.21. The first-order valence-corrected chi connectivity index (χ1v) is 3.33. The summed E-state index contributed by atoms with van der Waals surface area (Å²) in [5, 5.41) is 12.1. The van der Waals surface area contributed by atoms with Crippen molar-refractivity contribution in [1.29, 1.82) is 0 Å². The van der Waals surface area contributed by atoms with E-state index in [1.165, 1.54) is 10.7 Å². The lowest BCUT2D eigenvalue weighted by Gasteiger charge is -1.86. The van der Waals surface area contributed by atoms with E-state index in [-0.39, 0.29) is 5.69 Å². The fourth-order valence-corrected chi connectivity index (χ4v) is 0.845. The molecule has 4 nitrogen and oxygen atoms in total. The summed E-state index contributed by atoms with van der Waals surface area (Å²) in [4.78, 5) is 10.3. The molecule has 1 aromatic rings. The van der Waals surface area contributed by atoms with Crippen molar-refractivity contribution in [3.05, 3.63) is 16.4 Å². The molecular weight excluding hydrogens is 200 g/mol. The predicted molar refractivity (Wildman–Crippen MR) is 37.9 cm³/mol. The third kappa shape index (κ3) is 1.18. The Morgan fingerprint density at radius 1 is 1.90 bits per heavy atom. The molecule has 0 spiro atoms. The number of hydrogen-bond donors (Lipinski definition) is 1. The predicted octanol–water partition coefficient (Wildman–Crippen LogP) is 0.881. The summed E-state index contributed by atoms with van der Waals surface area (Å²) in [7, 11) is 1.66. The van der Waals surface area contributed by atoms with Crippen molar-refractivity contribution in [2.75, 3.05) is 0 Å². The third-order valence-electron chi connectivity index (χ3n) is 1.04. The number of carboxylic acid groups (broad SMARTS) is 1. The van der Waals surface area contributed by atoms with Gasteiger partial charge in [-0.15, -0.1) is 0 Å². The number of aryl methyl sites for hydroxylation is 1. The highest BCUT2D eigenvalue weighted by Gasteiger charge is 2.07. The molecule has 54 valence electrons. The average Bonchev–Trinajstić information content (AvgIpc) is 2.13. The Balaban J connectivity index is 3.10. The molecule has 0 aliphatic carbocycles. The number of aromatic nitrogens is 2. The van der Waals surface area contributed by atoms with Gasteiger partial charge in [0.25, 0.3) is 0 Å². The lowest BCUT2D eigenvalue weighted by Crippen LogP contribution is -1.98. The van der Waals surface area contributed by atoms with E-state index in [1.807, 2.05) is 0 Å². The minimum absolute atomic E-state index is 0.0503. The second-order valence-electron chi connectivity index (χ2n) is 1.78. The molecule has 1 N–H and O–H groups in total. The van der Waals surface area contributed by atoms with E-state index in [0.717, 1.165) is 0 Å². The average molecular weight is 205 g/mol. The Morgan fingerprint density at radius 3 is 2.70 bits per heavy atom. The zero-order valence-corrected chi connectivity index (χ0v) is 6.79. The standard InChI is InChI=1S/C5H5BrN2O2/c1-8-4(6)2-3(7-8)5(9)10/h2H,1H3,(H,9,10). The van der Waals surface area contributed by atoms with Crippen LogP contribution in [0, 0.1) is 0 Å². The molecule has 0 fully saturated rings. The van der Waals surface area contributed by atoms with Crippen molar-refractivity contribution >= 4 is 21.9 Å². The van der Waals surface area contributed by atoms with Gasteiger partial charge in [-0.2, -0.15) is 5.10 Å². The van der Waals surface area contributed by atoms with Gasteiger partial charge in [0, 0.05) is 13.1 Å². The molecule has 0 atom stereocenters. The van der Waals surface area contributed by atoms with Crippen molar-refractivity contribution in [3.8, 4) is 0 Å². The van der Waals surface area contributed by atoms with Gasteiger partial charge in [-0.1, -0.05) is 0 Å². The molecule has 0 bridgehead atoms. The molecule has 0 aromatic carbocycles. The van der Waals surface area contributed by atoms with Crippen molar-refractivity contribution < 1.29 is 9.90 Å². The quantitative estimate of drug-likeness (QED) is 0.740. The first-order chi connectivity index (χ1) is 4.61. The van der Waals surface area contributed by atoms with Crippen molar-refractivity contribution in [3.63, 3.8) is 0 Å². The van der Waals surface area contributed by atoms with Crippen LogP contribution >= 0.6 is 15.9 Å². The number of rotatable bonds is 1. The Labute approximate surface area is 65.6 Å².